The third-order valence-electron chi connectivity index (χ3n) is 2.72. The summed E-state index contributed by atoms with van der Waals surface area (Å²) in [5, 5.41) is 0. The van der Waals surface area contributed by atoms with Crippen molar-refractivity contribution in [3.63, 3.8) is 0 Å². The molecule has 0 amide bonds. The molecule has 0 aromatic heterocycles. The molecule has 0 aliphatic rings. The predicted molar refractivity (Wildman–Crippen MR) is 73.5 cm³/mol. The first-order valence-electron chi connectivity index (χ1n) is 5.46. The molecule has 0 radical (unpaired) electrons. The lowest BCUT2D eigenvalue weighted by atomic mass is 10.0. The van der Waals surface area contributed by atoms with E-state index in [-0.39, 0.29) is 5.78 Å². The summed E-state index contributed by atoms with van der Waals surface area (Å²) in [6.07, 6.45) is 0. The zero-order valence-electron chi connectivity index (χ0n) is 9.83. The van der Waals surface area contributed by atoms with Crippen LogP contribution in [-0.2, 0) is 0 Å². The molecule has 0 saturated carbocycles. The maximum Gasteiger partial charge on any atom is 0.194 e. The number of benzene rings is 2. The molecule has 0 unspecified atom stereocenters. The van der Waals surface area contributed by atoms with Gasteiger partial charge in [-0.1, -0.05) is 35.9 Å². The van der Waals surface area contributed by atoms with Crippen LogP contribution in [0.4, 0.5) is 0 Å². The fourth-order valence-corrected chi connectivity index (χ4v) is 2.21. The lowest BCUT2D eigenvalue weighted by Gasteiger charge is -2.06. The van der Waals surface area contributed by atoms with Crippen molar-refractivity contribution in [3.8, 4) is 0 Å². The second-order valence-electron chi connectivity index (χ2n) is 4.14. The average molecular weight is 289 g/mol. The summed E-state index contributed by atoms with van der Waals surface area (Å²) in [5.41, 5.74) is 3.62. The van der Waals surface area contributed by atoms with E-state index in [1.54, 1.807) is 0 Å². The molecule has 0 bridgehead atoms. The Kier molecular flexibility index (Phi) is 3.43. The summed E-state index contributed by atoms with van der Waals surface area (Å²) in [4.78, 5) is 12.3. The van der Waals surface area contributed by atoms with Gasteiger partial charge in [-0.2, -0.15) is 0 Å². The van der Waals surface area contributed by atoms with E-state index in [4.69, 9.17) is 0 Å². The van der Waals surface area contributed by atoms with E-state index in [9.17, 15) is 4.79 Å². The number of rotatable bonds is 2. The number of hydrogen-bond acceptors (Lipinski definition) is 1. The van der Waals surface area contributed by atoms with Crippen molar-refractivity contribution in [2.45, 2.75) is 13.8 Å². The number of aryl methyl sites for hydroxylation is 2. The summed E-state index contributed by atoms with van der Waals surface area (Å²) < 4.78 is 0.881. The van der Waals surface area contributed by atoms with E-state index in [2.05, 4.69) is 15.9 Å². The summed E-state index contributed by atoms with van der Waals surface area (Å²) in [6, 6.07) is 13.4. The Bertz CT molecular complexity index is 573. The van der Waals surface area contributed by atoms with Gasteiger partial charge >= 0.3 is 0 Å². The van der Waals surface area contributed by atoms with E-state index in [0.717, 1.165) is 26.7 Å². The third-order valence-corrected chi connectivity index (χ3v) is 3.77. The predicted octanol–water partition coefficient (Wildman–Crippen LogP) is 4.30. The van der Waals surface area contributed by atoms with Gasteiger partial charge in [0.1, 0.15) is 0 Å². The number of halogens is 1. The van der Waals surface area contributed by atoms with Gasteiger partial charge < -0.3 is 0 Å². The van der Waals surface area contributed by atoms with Crippen molar-refractivity contribution in [3.05, 3.63) is 69.2 Å². The average Bonchev–Trinajstić information content (AvgIpc) is 2.32. The van der Waals surface area contributed by atoms with E-state index in [1.807, 2.05) is 56.3 Å². The Morgan fingerprint density at radius 3 is 2.47 bits per heavy atom. The van der Waals surface area contributed by atoms with E-state index >= 15 is 0 Å². The van der Waals surface area contributed by atoms with Crippen LogP contribution in [0, 0.1) is 13.8 Å². The van der Waals surface area contributed by atoms with Gasteiger partial charge in [0, 0.05) is 15.6 Å². The first-order valence-corrected chi connectivity index (χ1v) is 6.25. The Hall–Kier alpha value is -1.41. The molecule has 0 spiro atoms. The fourth-order valence-electron chi connectivity index (χ4n) is 1.76. The van der Waals surface area contributed by atoms with Crippen LogP contribution in [0.2, 0.25) is 0 Å². The smallest absolute Gasteiger partial charge is 0.194 e. The summed E-state index contributed by atoms with van der Waals surface area (Å²) in [6.45, 7) is 3.97. The summed E-state index contributed by atoms with van der Waals surface area (Å²) in [7, 11) is 0. The quantitative estimate of drug-likeness (QED) is 0.753. The molecular weight excluding hydrogens is 276 g/mol. The molecule has 2 rings (SSSR count). The first-order chi connectivity index (χ1) is 8.09. The first kappa shape index (κ1) is 12.1. The molecule has 0 saturated heterocycles. The Balaban J connectivity index is 2.48. The van der Waals surface area contributed by atoms with Crippen LogP contribution in [0.15, 0.2) is 46.9 Å². The topological polar surface area (TPSA) is 17.1 Å². The number of ketones is 1. The zero-order valence-corrected chi connectivity index (χ0v) is 11.4. The highest BCUT2D eigenvalue weighted by Gasteiger charge is 2.13. The fraction of sp³-hybridized carbons (Fsp3) is 0.133. The van der Waals surface area contributed by atoms with Gasteiger partial charge in [0.2, 0.25) is 0 Å². The van der Waals surface area contributed by atoms with Gasteiger partial charge in [-0.3, -0.25) is 4.79 Å². The standard InChI is InChI=1S/C15H13BrO/c1-10-5-3-7-12(9-10)15(17)13-8-4-6-11(2)14(13)16/h3-9H,1-2H3. The molecule has 0 aliphatic carbocycles. The van der Waals surface area contributed by atoms with Crippen LogP contribution in [0.1, 0.15) is 27.0 Å². The van der Waals surface area contributed by atoms with Crippen molar-refractivity contribution in [1.29, 1.82) is 0 Å². The minimum Gasteiger partial charge on any atom is -0.289 e. The van der Waals surface area contributed by atoms with Crippen LogP contribution in [-0.4, -0.2) is 5.78 Å². The van der Waals surface area contributed by atoms with Gasteiger partial charge in [0.25, 0.3) is 0 Å². The molecule has 0 N–H and O–H groups in total. The SMILES string of the molecule is Cc1cccc(C(=O)c2cccc(C)c2Br)c1. The molecule has 17 heavy (non-hydrogen) atoms. The molecule has 0 aliphatic heterocycles. The lowest BCUT2D eigenvalue weighted by Crippen LogP contribution is -2.03. The Morgan fingerprint density at radius 2 is 1.76 bits per heavy atom. The summed E-state index contributed by atoms with van der Waals surface area (Å²) >= 11 is 3.48. The van der Waals surface area contributed by atoms with Crippen LogP contribution in [0.25, 0.3) is 0 Å². The van der Waals surface area contributed by atoms with Gasteiger partial charge in [-0.05, 0) is 47.5 Å². The van der Waals surface area contributed by atoms with Crippen molar-refractivity contribution in [1.82, 2.24) is 0 Å². The molecule has 0 fully saturated rings. The van der Waals surface area contributed by atoms with Crippen molar-refractivity contribution >= 4 is 21.7 Å². The minimum absolute atomic E-state index is 0.0595. The molecule has 0 atom stereocenters. The molecular formula is C15H13BrO. The molecule has 2 aromatic carbocycles. The lowest BCUT2D eigenvalue weighted by molar-refractivity contribution is 0.103. The highest BCUT2D eigenvalue weighted by molar-refractivity contribution is 9.10. The number of carbonyl (C=O) groups is 1. The van der Waals surface area contributed by atoms with Crippen molar-refractivity contribution in [2.75, 3.05) is 0 Å². The maximum absolute atomic E-state index is 12.3. The van der Waals surface area contributed by atoms with E-state index in [1.165, 1.54) is 0 Å². The summed E-state index contributed by atoms with van der Waals surface area (Å²) in [5.74, 6) is 0.0595. The molecule has 1 nitrogen and oxygen atoms in total. The molecule has 0 heterocycles. The molecule has 2 aromatic rings. The highest BCUT2D eigenvalue weighted by Crippen LogP contribution is 2.23. The largest absolute Gasteiger partial charge is 0.289 e. The van der Waals surface area contributed by atoms with Gasteiger partial charge in [0.05, 0.1) is 0 Å². The molecule has 86 valence electrons. The normalized spacial score (nSPS) is 10.3. The van der Waals surface area contributed by atoms with Crippen LogP contribution < -0.4 is 0 Å². The zero-order chi connectivity index (χ0) is 12.4. The minimum atomic E-state index is 0.0595. The highest BCUT2D eigenvalue weighted by atomic mass is 79.9. The number of hydrogen-bond donors (Lipinski definition) is 0. The van der Waals surface area contributed by atoms with Gasteiger partial charge in [-0.15, -0.1) is 0 Å². The maximum atomic E-state index is 12.3. The monoisotopic (exact) mass is 288 g/mol. The van der Waals surface area contributed by atoms with Gasteiger partial charge in [-0.25, -0.2) is 0 Å². The van der Waals surface area contributed by atoms with Crippen LogP contribution in [0.3, 0.4) is 0 Å². The van der Waals surface area contributed by atoms with Gasteiger partial charge in [0.15, 0.2) is 5.78 Å². The van der Waals surface area contributed by atoms with Crippen LogP contribution in [0.5, 0.6) is 0 Å². The second kappa shape index (κ2) is 4.84. The molecule has 2 heteroatoms. The third kappa shape index (κ3) is 2.47. The van der Waals surface area contributed by atoms with E-state index < -0.39 is 0 Å². The van der Waals surface area contributed by atoms with E-state index in [0.29, 0.717) is 0 Å². The second-order valence-corrected chi connectivity index (χ2v) is 4.93. The Labute approximate surface area is 110 Å². The van der Waals surface area contributed by atoms with Crippen molar-refractivity contribution in [2.24, 2.45) is 0 Å². The Morgan fingerprint density at radius 1 is 1.06 bits per heavy atom. The van der Waals surface area contributed by atoms with Crippen LogP contribution >= 0.6 is 15.9 Å². The number of carbonyl (C=O) groups excluding carboxylic acids is 1. The van der Waals surface area contributed by atoms with Crippen molar-refractivity contribution < 1.29 is 4.79 Å².